The molecule has 1 atom stereocenters. The second kappa shape index (κ2) is 7.16. The number of ketones is 1. The quantitative estimate of drug-likeness (QED) is 0.673. The lowest BCUT2D eigenvalue weighted by atomic mass is 10.1. The van der Waals surface area contributed by atoms with Gasteiger partial charge in [-0.2, -0.15) is 0 Å². The molecule has 3 heterocycles. The molecule has 0 saturated carbocycles. The van der Waals surface area contributed by atoms with E-state index in [1.807, 2.05) is 43.3 Å². The van der Waals surface area contributed by atoms with E-state index in [9.17, 15) is 9.59 Å². The van der Waals surface area contributed by atoms with Crippen LogP contribution in [0.25, 0.3) is 22.0 Å². The van der Waals surface area contributed by atoms with Crippen molar-refractivity contribution in [1.29, 1.82) is 0 Å². The second-order valence-electron chi connectivity index (χ2n) is 6.66. The molecule has 1 aliphatic rings. The fourth-order valence-electron chi connectivity index (χ4n) is 3.19. The molecular formula is C21H19N3O3S. The number of thiazole rings is 1. The third-order valence-corrected chi connectivity index (χ3v) is 5.76. The highest BCUT2D eigenvalue weighted by atomic mass is 32.1. The van der Waals surface area contributed by atoms with E-state index in [4.69, 9.17) is 9.72 Å². The van der Waals surface area contributed by atoms with Crippen LogP contribution in [0.2, 0.25) is 0 Å². The minimum atomic E-state index is -0.550. The first kappa shape index (κ1) is 18.3. The number of aryl methyl sites for hydroxylation is 1. The summed E-state index contributed by atoms with van der Waals surface area (Å²) in [6, 6.07) is 10.8. The van der Waals surface area contributed by atoms with E-state index in [1.54, 1.807) is 24.5 Å². The minimum absolute atomic E-state index is 0.0660. The Bertz CT molecular complexity index is 1060. The van der Waals surface area contributed by atoms with Crippen LogP contribution in [0.15, 0.2) is 42.6 Å². The fraction of sp³-hybridized carbons (Fsp3) is 0.238. The molecule has 2 aromatic heterocycles. The molecule has 4 rings (SSSR count). The van der Waals surface area contributed by atoms with Crippen LogP contribution in [0, 0.1) is 6.92 Å². The van der Waals surface area contributed by atoms with Gasteiger partial charge in [-0.1, -0.05) is 6.07 Å². The summed E-state index contributed by atoms with van der Waals surface area (Å²) in [5.41, 5.74) is 3.13. The number of anilines is 1. The Labute approximate surface area is 166 Å². The number of carbonyl (C=O) groups is 2. The molecule has 1 aliphatic heterocycles. The summed E-state index contributed by atoms with van der Waals surface area (Å²) < 4.78 is 5.56. The molecule has 0 radical (unpaired) electrons. The Morgan fingerprint density at radius 2 is 2.11 bits per heavy atom. The summed E-state index contributed by atoms with van der Waals surface area (Å²) in [6.45, 7) is 5.16. The van der Waals surface area contributed by atoms with Gasteiger partial charge >= 0.3 is 0 Å². The number of nitrogens with zero attached hydrogens (tertiary/aromatic N) is 3. The van der Waals surface area contributed by atoms with Gasteiger partial charge in [0.2, 0.25) is 0 Å². The third kappa shape index (κ3) is 3.18. The molecular weight excluding hydrogens is 374 g/mol. The number of aromatic nitrogens is 2. The van der Waals surface area contributed by atoms with Gasteiger partial charge in [0, 0.05) is 16.6 Å². The summed E-state index contributed by atoms with van der Waals surface area (Å²) in [5, 5.41) is 0.840. The highest BCUT2D eigenvalue weighted by Crippen LogP contribution is 2.39. The topological polar surface area (TPSA) is 72.4 Å². The summed E-state index contributed by atoms with van der Waals surface area (Å²) in [7, 11) is 0. The number of amides is 1. The molecule has 6 nitrogen and oxygen atoms in total. The van der Waals surface area contributed by atoms with Gasteiger partial charge in [0.05, 0.1) is 23.1 Å². The standard InChI is InChI=1S/C21H19N3O3S/c1-12(13(2)25)24-17-10-15(7-8-18(17)27-11-19(24)26)20-14(3)28-21(23-20)16-6-4-5-9-22-16/h4-10,12H,11H2,1-3H3. The molecule has 1 amide bonds. The van der Waals surface area contributed by atoms with E-state index in [1.165, 1.54) is 11.8 Å². The molecule has 3 aromatic rings. The molecule has 0 N–H and O–H groups in total. The number of rotatable bonds is 4. The average molecular weight is 393 g/mol. The van der Waals surface area contributed by atoms with Crippen LogP contribution in [-0.2, 0) is 9.59 Å². The molecule has 0 bridgehead atoms. The highest BCUT2D eigenvalue weighted by Gasteiger charge is 2.32. The number of hydrogen-bond donors (Lipinski definition) is 0. The average Bonchev–Trinajstić information content (AvgIpc) is 3.09. The summed E-state index contributed by atoms with van der Waals surface area (Å²) in [5.74, 6) is 0.291. The lowest BCUT2D eigenvalue weighted by molar-refractivity contribution is -0.125. The molecule has 142 valence electrons. The monoisotopic (exact) mass is 393 g/mol. The number of Topliss-reactive ketones (excluding diaryl/α,β-unsaturated/α-hetero) is 1. The Kier molecular flexibility index (Phi) is 4.68. The molecule has 28 heavy (non-hydrogen) atoms. The first-order chi connectivity index (χ1) is 13.5. The van der Waals surface area contributed by atoms with E-state index in [-0.39, 0.29) is 18.3 Å². The van der Waals surface area contributed by atoms with Crippen molar-refractivity contribution in [3.63, 3.8) is 0 Å². The molecule has 0 saturated heterocycles. The van der Waals surface area contributed by atoms with Crippen molar-refractivity contribution in [3.8, 4) is 27.7 Å². The van der Waals surface area contributed by atoms with Crippen LogP contribution in [0.5, 0.6) is 5.75 Å². The zero-order valence-corrected chi connectivity index (χ0v) is 16.6. The molecule has 1 aromatic carbocycles. The summed E-state index contributed by atoms with van der Waals surface area (Å²) in [6.07, 6.45) is 1.74. The molecule has 7 heteroatoms. The molecule has 0 aliphatic carbocycles. The Hall–Kier alpha value is -3.06. The van der Waals surface area contributed by atoms with Crippen LogP contribution in [0.4, 0.5) is 5.69 Å². The Balaban J connectivity index is 1.78. The maximum absolute atomic E-state index is 12.4. The Morgan fingerprint density at radius 1 is 1.29 bits per heavy atom. The number of pyridine rings is 1. The first-order valence-electron chi connectivity index (χ1n) is 8.94. The maximum Gasteiger partial charge on any atom is 0.265 e. The molecule has 1 unspecified atom stereocenters. The van der Waals surface area contributed by atoms with Crippen LogP contribution in [0.3, 0.4) is 0 Å². The van der Waals surface area contributed by atoms with Gasteiger partial charge in [-0.15, -0.1) is 11.3 Å². The van der Waals surface area contributed by atoms with Crippen molar-refractivity contribution in [2.45, 2.75) is 26.8 Å². The zero-order valence-electron chi connectivity index (χ0n) is 15.8. The number of benzene rings is 1. The van der Waals surface area contributed by atoms with Gasteiger partial charge in [-0.05, 0) is 51.1 Å². The van der Waals surface area contributed by atoms with Crippen molar-refractivity contribution >= 4 is 28.7 Å². The number of hydrogen-bond acceptors (Lipinski definition) is 6. The van der Waals surface area contributed by atoms with Crippen molar-refractivity contribution in [2.75, 3.05) is 11.5 Å². The smallest absolute Gasteiger partial charge is 0.265 e. The van der Waals surface area contributed by atoms with Gasteiger partial charge in [0.1, 0.15) is 10.8 Å². The van der Waals surface area contributed by atoms with Gasteiger partial charge in [0.15, 0.2) is 12.4 Å². The number of carbonyl (C=O) groups excluding carboxylic acids is 2. The first-order valence-corrected chi connectivity index (χ1v) is 9.76. The fourth-order valence-corrected chi connectivity index (χ4v) is 4.10. The zero-order chi connectivity index (χ0) is 19.8. The molecule has 0 spiro atoms. The third-order valence-electron chi connectivity index (χ3n) is 4.77. The van der Waals surface area contributed by atoms with E-state index < -0.39 is 6.04 Å². The maximum atomic E-state index is 12.4. The molecule has 0 fully saturated rings. The second-order valence-corrected chi connectivity index (χ2v) is 7.86. The van der Waals surface area contributed by atoms with Crippen LogP contribution < -0.4 is 9.64 Å². The highest BCUT2D eigenvalue weighted by molar-refractivity contribution is 7.15. The summed E-state index contributed by atoms with van der Waals surface area (Å²) in [4.78, 5) is 36.1. The SMILES string of the molecule is CC(=O)C(C)N1C(=O)COc2ccc(-c3nc(-c4ccccn4)sc3C)cc21. The van der Waals surface area contributed by atoms with Crippen molar-refractivity contribution in [3.05, 3.63) is 47.5 Å². The van der Waals surface area contributed by atoms with Crippen LogP contribution in [0.1, 0.15) is 18.7 Å². The van der Waals surface area contributed by atoms with Crippen LogP contribution >= 0.6 is 11.3 Å². The summed E-state index contributed by atoms with van der Waals surface area (Å²) >= 11 is 1.57. The van der Waals surface area contributed by atoms with E-state index in [0.717, 1.165) is 26.8 Å². The number of fused-ring (bicyclic) bond motifs is 1. The van der Waals surface area contributed by atoms with E-state index in [0.29, 0.717) is 11.4 Å². The van der Waals surface area contributed by atoms with Gasteiger partial charge < -0.3 is 4.74 Å². The predicted molar refractivity (Wildman–Crippen MR) is 109 cm³/mol. The largest absolute Gasteiger partial charge is 0.482 e. The van der Waals surface area contributed by atoms with Gasteiger partial charge in [-0.3, -0.25) is 19.5 Å². The van der Waals surface area contributed by atoms with Crippen molar-refractivity contribution < 1.29 is 14.3 Å². The van der Waals surface area contributed by atoms with Crippen molar-refractivity contribution in [2.24, 2.45) is 0 Å². The minimum Gasteiger partial charge on any atom is -0.482 e. The lowest BCUT2D eigenvalue weighted by Crippen LogP contribution is -2.47. The van der Waals surface area contributed by atoms with E-state index >= 15 is 0 Å². The van der Waals surface area contributed by atoms with Crippen molar-refractivity contribution in [1.82, 2.24) is 9.97 Å². The van der Waals surface area contributed by atoms with Crippen LogP contribution in [-0.4, -0.2) is 34.3 Å². The predicted octanol–water partition coefficient (Wildman–Crippen LogP) is 3.88. The van der Waals surface area contributed by atoms with Gasteiger partial charge in [0.25, 0.3) is 5.91 Å². The lowest BCUT2D eigenvalue weighted by Gasteiger charge is -2.33. The van der Waals surface area contributed by atoms with E-state index in [2.05, 4.69) is 4.98 Å². The normalized spacial score (nSPS) is 14.4. The number of ether oxygens (including phenoxy) is 1. The Morgan fingerprint density at radius 3 is 2.82 bits per heavy atom. The van der Waals surface area contributed by atoms with Gasteiger partial charge in [-0.25, -0.2) is 4.98 Å².